The fourth-order valence-corrected chi connectivity index (χ4v) is 2.00. The van der Waals surface area contributed by atoms with Crippen molar-refractivity contribution in [3.63, 3.8) is 0 Å². The maximum Gasteiger partial charge on any atom is 0.311 e. The molecule has 0 saturated heterocycles. The summed E-state index contributed by atoms with van der Waals surface area (Å²) in [5.41, 5.74) is 1.23. The van der Waals surface area contributed by atoms with E-state index in [2.05, 4.69) is 10.3 Å². The third-order valence-corrected chi connectivity index (χ3v) is 3.03. The van der Waals surface area contributed by atoms with E-state index in [4.69, 9.17) is 0 Å². The fraction of sp³-hybridized carbons (Fsp3) is 0.200. The molecule has 0 spiro atoms. The number of rotatable bonds is 5. The number of ketones is 1. The molecule has 1 aromatic heterocycles. The highest BCUT2D eigenvalue weighted by molar-refractivity contribution is 5.86. The van der Waals surface area contributed by atoms with E-state index in [1.807, 2.05) is 18.2 Å². The van der Waals surface area contributed by atoms with Crippen LogP contribution in [0.1, 0.15) is 24.2 Å². The molecule has 2 rings (SSSR count). The van der Waals surface area contributed by atoms with E-state index in [1.54, 1.807) is 25.1 Å². The van der Waals surface area contributed by atoms with E-state index < -0.39 is 11.0 Å². The minimum Gasteiger partial charge on any atom is -0.351 e. The summed E-state index contributed by atoms with van der Waals surface area (Å²) in [4.78, 5) is 26.5. The third-order valence-electron chi connectivity index (χ3n) is 3.03. The summed E-state index contributed by atoms with van der Waals surface area (Å²) in [6, 6.07) is 11.3. The van der Waals surface area contributed by atoms with E-state index in [-0.39, 0.29) is 17.3 Å². The monoisotopic (exact) mass is 285 g/mol. The summed E-state index contributed by atoms with van der Waals surface area (Å²) in [5, 5.41) is 13.9. The zero-order valence-corrected chi connectivity index (χ0v) is 11.7. The zero-order chi connectivity index (χ0) is 15.4. The number of nitrogens with one attached hydrogen (secondary N) is 1. The molecule has 1 unspecified atom stereocenters. The number of aromatic nitrogens is 1. The molecule has 1 aromatic carbocycles. The first-order valence-electron chi connectivity index (χ1n) is 6.43. The Morgan fingerprint density at radius 2 is 1.90 bits per heavy atom. The maximum atomic E-state index is 11.9. The highest BCUT2D eigenvalue weighted by atomic mass is 16.6. The minimum absolute atomic E-state index is 0.101. The summed E-state index contributed by atoms with van der Waals surface area (Å²) in [5.74, 6) is -0.0390. The molecule has 0 amide bonds. The number of nitro groups is 1. The van der Waals surface area contributed by atoms with Crippen LogP contribution < -0.4 is 5.32 Å². The Bertz CT molecular complexity index is 671. The number of aryl methyl sites for hydroxylation is 1. The summed E-state index contributed by atoms with van der Waals surface area (Å²) < 4.78 is 0. The highest BCUT2D eigenvalue weighted by Gasteiger charge is 2.22. The van der Waals surface area contributed by atoms with Crippen LogP contribution in [0.2, 0.25) is 0 Å². The van der Waals surface area contributed by atoms with Crippen LogP contribution in [0, 0.1) is 17.0 Å². The average Bonchev–Trinajstić information content (AvgIpc) is 2.45. The predicted molar refractivity (Wildman–Crippen MR) is 79.1 cm³/mol. The van der Waals surface area contributed by atoms with Crippen molar-refractivity contribution in [2.24, 2.45) is 0 Å². The maximum absolute atomic E-state index is 11.9. The zero-order valence-electron chi connectivity index (χ0n) is 11.7. The van der Waals surface area contributed by atoms with Crippen molar-refractivity contribution in [2.75, 3.05) is 5.32 Å². The largest absolute Gasteiger partial charge is 0.351 e. The van der Waals surface area contributed by atoms with Crippen molar-refractivity contribution in [3.8, 4) is 0 Å². The van der Waals surface area contributed by atoms with Gasteiger partial charge in [-0.25, -0.2) is 4.98 Å². The van der Waals surface area contributed by atoms with Gasteiger partial charge in [0.25, 0.3) is 0 Å². The number of hydrogen-bond acceptors (Lipinski definition) is 5. The lowest BCUT2D eigenvalue weighted by atomic mass is 10.0. The van der Waals surface area contributed by atoms with Gasteiger partial charge in [-0.15, -0.1) is 0 Å². The van der Waals surface area contributed by atoms with Gasteiger partial charge < -0.3 is 5.32 Å². The Kier molecular flexibility index (Phi) is 4.27. The quantitative estimate of drug-likeness (QED) is 0.674. The van der Waals surface area contributed by atoms with Crippen LogP contribution in [0.15, 0.2) is 42.5 Å². The molecule has 0 aliphatic rings. The molecule has 0 bridgehead atoms. The van der Waals surface area contributed by atoms with E-state index in [0.717, 1.165) is 5.56 Å². The number of carbonyl (C=O) groups is 1. The van der Waals surface area contributed by atoms with Crippen LogP contribution in [0.3, 0.4) is 0 Å². The molecule has 0 aliphatic carbocycles. The van der Waals surface area contributed by atoms with E-state index in [1.165, 1.54) is 13.0 Å². The molecule has 0 fully saturated rings. The van der Waals surface area contributed by atoms with Gasteiger partial charge in [-0.1, -0.05) is 30.3 Å². The van der Waals surface area contributed by atoms with Crippen molar-refractivity contribution in [1.29, 1.82) is 0 Å². The SMILES string of the molecule is CC(=O)C(Nc1nc(C)ccc1[N+](=O)[O-])c1ccccc1. The van der Waals surface area contributed by atoms with Gasteiger partial charge in [0.05, 0.1) is 4.92 Å². The molecular weight excluding hydrogens is 270 g/mol. The smallest absolute Gasteiger partial charge is 0.311 e. The number of nitrogens with zero attached hydrogens (tertiary/aromatic N) is 2. The summed E-state index contributed by atoms with van der Waals surface area (Å²) in [6.45, 7) is 3.17. The second-order valence-electron chi connectivity index (χ2n) is 4.68. The lowest BCUT2D eigenvalue weighted by Crippen LogP contribution is -2.20. The van der Waals surface area contributed by atoms with Crippen LogP contribution in [0.4, 0.5) is 11.5 Å². The van der Waals surface area contributed by atoms with Gasteiger partial charge in [-0.05, 0) is 25.5 Å². The lowest BCUT2D eigenvalue weighted by molar-refractivity contribution is -0.384. The Morgan fingerprint density at radius 1 is 1.24 bits per heavy atom. The van der Waals surface area contributed by atoms with E-state index in [0.29, 0.717) is 5.69 Å². The van der Waals surface area contributed by atoms with Crippen molar-refractivity contribution in [3.05, 3.63) is 63.8 Å². The number of benzene rings is 1. The number of pyridine rings is 1. The van der Waals surface area contributed by atoms with Crippen LogP contribution >= 0.6 is 0 Å². The summed E-state index contributed by atoms with van der Waals surface area (Å²) >= 11 is 0. The number of carbonyl (C=O) groups excluding carboxylic acids is 1. The summed E-state index contributed by atoms with van der Waals surface area (Å²) in [7, 11) is 0. The molecule has 0 radical (unpaired) electrons. The molecule has 0 aliphatic heterocycles. The van der Waals surface area contributed by atoms with Crippen LogP contribution in [0.25, 0.3) is 0 Å². The van der Waals surface area contributed by atoms with Gasteiger partial charge in [-0.3, -0.25) is 14.9 Å². The third kappa shape index (κ3) is 3.42. The molecular formula is C15H15N3O3. The molecule has 108 valence electrons. The first kappa shape index (κ1) is 14.6. The molecule has 1 N–H and O–H groups in total. The number of hydrogen-bond donors (Lipinski definition) is 1. The Labute approximate surface area is 122 Å². The topological polar surface area (TPSA) is 85.1 Å². The van der Waals surface area contributed by atoms with Crippen molar-refractivity contribution in [2.45, 2.75) is 19.9 Å². The van der Waals surface area contributed by atoms with Crippen molar-refractivity contribution in [1.82, 2.24) is 4.98 Å². The molecule has 6 nitrogen and oxygen atoms in total. The second kappa shape index (κ2) is 6.13. The van der Waals surface area contributed by atoms with Gasteiger partial charge in [0, 0.05) is 11.8 Å². The van der Waals surface area contributed by atoms with Crippen LogP contribution in [-0.2, 0) is 4.79 Å². The molecule has 1 atom stereocenters. The van der Waals surface area contributed by atoms with Crippen LogP contribution in [0.5, 0.6) is 0 Å². The van der Waals surface area contributed by atoms with Gasteiger partial charge in [0.15, 0.2) is 5.78 Å². The van der Waals surface area contributed by atoms with Gasteiger partial charge >= 0.3 is 5.69 Å². The fourth-order valence-electron chi connectivity index (χ4n) is 2.00. The molecule has 2 aromatic rings. The van der Waals surface area contributed by atoms with Crippen molar-refractivity contribution >= 4 is 17.3 Å². The standard InChI is InChI=1S/C15H15N3O3/c1-10-8-9-13(18(20)21)15(16-10)17-14(11(2)19)12-6-4-3-5-7-12/h3-9,14H,1-2H3,(H,16,17). The Hall–Kier alpha value is -2.76. The Morgan fingerprint density at radius 3 is 2.48 bits per heavy atom. The highest BCUT2D eigenvalue weighted by Crippen LogP contribution is 2.27. The number of anilines is 1. The normalized spacial score (nSPS) is 11.7. The average molecular weight is 285 g/mol. The van der Waals surface area contributed by atoms with Gasteiger partial charge in [0.2, 0.25) is 5.82 Å². The van der Waals surface area contributed by atoms with E-state index >= 15 is 0 Å². The molecule has 6 heteroatoms. The van der Waals surface area contributed by atoms with E-state index in [9.17, 15) is 14.9 Å². The summed E-state index contributed by atoms with van der Waals surface area (Å²) in [6.07, 6.45) is 0. The Balaban J connectivity index is 2.40. The first-order valence-corrected chi connectivity index (χ1v) is 6.43. The van der Waals surface area contributed by atoms with Gasteiger partial charge in [0.1, 0.15) is 6.04 Å². The second-order valence-corrected chi connectivity index (χ2v) is 4.68. The number of Topliss-reactive ketones (excluding diaryl/α,β-unsaturated/α-hetero) is 1. The minimum atomic E-state index is -0.667. The predicted octanol–water partition coefficient (Wildman–Crippen LogP) is 3.04. The molecule has 1 heterocycles. The first-order chi connectivity index (χ1) is 9.99. The van der Waals surface area contributed by atoms with Gasteiger partial charge in [-0.2, -0.15) is 0 Å². The van der Waals surface area contributed by atoms with Crippen LogP contribution in [-0.4, -0.2) is 15.7 Å². The van der Waals surface area contributed by atoms with Crippen molar-refractivity contribution < 1.29 is 9.72 Å². The molecule has 21 heavy (non-hydrogen) atoms. The lowest BCUT2D eigenvalue weighted by Gasteiger charge is -2.17. The molecule has 0 saturated carbocycles.